The number of anilines is 1. The molecule has 2 heterocycles. The molecule has 4 rings (SSSR count). The van der Waals surface area contributed by atoms with E-state index in [1.165, 1.54) is 48.9 Å². The van der Waals surface area contributed by atoms with Crippen LogP contribution >= 0.6 is 11.8 Å². The standard InChI is InChI=1S/C23H25N2S/c1-6-25-21-11-15(2)7-10-22(21)26-23(25)14-19-9-8-18-12-16(3)17(4)13-20(18)24(19)5/h7-14H,6H2,1-5H3/q+1. The van der Waals surface area contributed by atoms with Gasteiger partial charge in [-0.15, -0.1) is 0 Å². The zero-order valence-corrected chi connectivity index (χ0v) is 16.9. The minimum Gasteiger partial charge on any atom is -0.335 e. The molecule has 0 saturated carbocycles. The molecular formula is C23H25N2S+. The molecule has 0 amide bonds. The quantitative estimate of drug-likeness (QED) is 0.555. The van der Waals surface area contributed by atoms with Crippen LogP contribution in [-0.4, -0.2) is 6.54 Å². The number of thioether (sulfide) groups is 1. The molecule has 1 aromatic heterocycles. The van der Waals surface area contributed by atoms with Gasteiger partial charge in [-0.1, -0.05) is 17.8 Å². The Balaban J connectivity index is 1.81. The summed E-state index contributed by atoms with van der Waals surface area (Å²) in [5.41, 5.74) is 7.84. The molecule has 0 unspecified atom stereocenters. The van der Waals surface area contributed by atoms with Crippen LogP contribution < -0.4 is 9.47 Å². The summed E-state index contributed by atoms with van der Waals surface area (Å²) < 4.78 is 2.30. The molecule has 0 spiro atoms. The molecule has 0 aliphatic carbocycles. The average molecular weight is 362 g/mol. The predicted molar refractivity (Wildman–Crippen MR) is 113 cm³/mol. The van der Waals surface area contributed by atoms with Gasteiger partial charge in [0.15, 0.2) is 0 Å². The van der Waals surface area contributed by atoms with E-state index in [4.69, 9.17) is 0 Å². The van der Waals surface area contributed by atoms with Crippen LogP contribution in [0.15, 0.2) is 52.4 Å². The van der Waals surface area contributed by atoms with Crippen LogP contribution in [0.1, 0.15) is 29.3 Å². The first kappa shape index (κ1) is 17.2. The molecule has 132 valence electrons. The van der Waals surface area contributed by atoms with E-state index in [-0.39, 0.29) is 0 Å². The molecule has 1 aliphatic heterocycles. The number of aryl methyl sites for hydroxylation is 4. The van der Waals surface area contributed by atoms with Gasteiger partial charge >= 0.3 is 0 Å². The van der Waals surface area contributed by atoms with Gasteiger partial charge in [0.05, 0.1) is 10.7 Å². The molecule has 3 heteroatoms. The largest absolute Gasteiger partial charge is 0.335 e. The van der Waals surface area contributed by atoms with Crippen molar-refractivity contribution in [2.24, 2.45) is 7.05 Å². The van der Waals surface area contributed by atoms with E-state index in [1.807, 2.05) is 11.8 Å². The van der Waals surface area contributed by atoms with E-state index >= 15 is 0 Å². The number of fused-ring (bicyclic) bond motifs is 2. The van der Waals surface area contributed by atoms with Crippen LogP contribution in [0, 0.1) is 20.8 Å². The zero-order valence-electron chi connectivity index (χ0n) is 16.1. The Morgan fingerprint density at radius 1 is 1.00 bits per heavy atom. The Kier molecular flexibility index (Phi) is 4.28. The number of rotatable bonds is 2. The third-order valence-electron chi connectivity index (χ3n) is 5.30. The first-order valence-corrected chi connectivity index (χ1v) is 9.97. The number of hydrogen-bond donors (Lipinski definition) is 0. The van der Waals surface area contributed by atoms with Crippen molar-refractivity contribution in [2.45, 2.75) is 32.6 Å². The fourth-order valence-electron chi connectivity index (χ4n) is 3.59. The van der Waals surface area contributed by atoms with Crippen LogP contribution in [0.4, 0.5) is 5.69 Å². The summed E-state index contributed by atoms with van der Waals surface area (Å²) in [6.45, 7) is 9.72. The molecule has 26 heavy (non-hydrogen) atoms. The van der Waals surface area contributed by atoms with E-state index in [0.717, 1.165) is 6.54 Å². The molecular weight excluding hydrogens is 336 g/mol. The van der Waals surface area contributed by atoms with Gasteiger partial charge in [-0.3, -0.25) is 0 Å². The van der Waals surface area contributed by atoms with Gasteiger partial charge in [-0.2, -0.15) is 4.57 Å². The zero-order chi connectivity index (χ0) is 18.4. The molecule has 0 saturated heterocycles. The Labute approximate surface area is 160 Å². The van der Waals surface area contributed by atoms with Crippen molar-refractivity contribution < 1.29 is 4.57 Å². The summed E-state index contributed by atoms with van der Waals surface area (Å²) >= 11 is 1.87. The van der Waals surface area contributed by atoms with Crippen molar-refractivity contribution in [1.29, 1.82) is 0 Å². The topological polar surface area (TPSA) is 7.12 Å². The molecule has 1 aliphatic rings. The van der Waals surface area contributed by atoms with E-state index in [2.05, 4.69) is 92.8 Å². The van der Waals surface area contributed by atoms with E-state index < -0.39 is 0 Å². The average Bonchev–Trinajstić information content (AvgIpc) is 2.95. The molecule has 0 N–H and O–H groups in total. The minimum absolute atomic E-state index is 0.977. The summed E-state index contributed by atoms with van der Waals surface area (Å²) in [6, 6.07) is 15.8. The molecule has 0 bridgehead atoms. The van der Waals surface area contributed by atoms with E-state index in [9.17, 15) is 0 Å². The van der Waals surface area contributed by atoms with E-state index in [0.29, 0.717) is 0 Å². The van der Waals surface area contributed by atoms with Gasteiger partial charge in [0, 0.05) is 35.0 Å². The van der Waals surface area contributed by atoms with Crippen LogP contribution in [0.3, 0.4) is 0 Å². The van der Waals surface area contributed by atoms with Gasteiger partial charge in [-0.25, -0.2) is 0 Å². The molecule has 0 radical (unpaired) electrons. The Bertz CT molecular complexity index is 1050. The first-order valence-electron chi connectivity index (χ1n) is 9.15. The summed E-state index contributed by atoms with van der Waals surface area (Å²) in [7, 11) is 2.16. The van der Waals surface area contributed by atoms with Gasteiger partial charge < -0.3 is 4.90 Å². The monoisotopic (exact) mass is 361 g/mol. The lowest BCUT2D eigenvalue weighted by Crippen LogP contribution is -2.33. The Morgan fingerprint density at radius 3 is 2.54 bits per heavy atom. The molecule has 2 aromatic carbocycles. The van der Waals surface area contributed by atoms with Gasteiger partial charge in [0.25, 0.3) is 0 Å². The number of pyridine rings is 1. The highest BCUT2D eigenvalue weighted by atomic mass is 32.2. The normalized spacial score (nSPS) is 15.1. The predicted octanol–water partition coefficient (Wildman–Crippen LogP) is 5.52. The third kappa shape index (κ3) is 2.80. The minimum atomic E-state index is 0.977. The second-order valence-corrected chi connectivity index (χ2v) is 8.17. The summed E-state index contributed by atoms with van der Waals surface area (Å²) in [6.07, 6.45) is 2.32. The van der Waals surface area contributed by atoms with E-state index in [1.54, 1.807) is 0 Å². The number of hydrogen-bond acceptors (Lipinski definition) is 2. The lowest BCUT2D eigenvalue weighted by Gasteiger charge is -2.18. The maximum atomic E-state index is 2.41. The molecule has 0 atom stereocenters. The summed E-state index contributed by atoms with van der Waals surface area (Å²) in [5, 5.41) is 2.59. The number of benzene rings is 2. The highest BCUT2D eigenvalue weighted by Crippen LogP contribution is 2.46. The lowest BCUT2D eigenvalue weighted by atomic mass is 10.1. The SMILES string of the molecule is CCN1/C(=C/c2ccc3cc(C)c(C)cc3[n+]2C)Sc2ccc(C)cc21. The van der Waals surface area contributed by atoms with Crippen LogP contribution in [-0.2, 0) is 7.05 Å². The second-order valence-electron chi connectivity index (χ2n) is 7.11. The lowest BCUT2D eigenvalue weighted by molar-refractivity contribution is -0.646. The summed E-state index contributed by atoms with van der Waals surface area (Å²) in [5.74, 6) is 0. The van der Waals surface area contributed by atoms with Crippen molar-refractivity contribution in [2.75, 3.05) is 11.4 Å². The van der Waals surface area contributed by atoms with Gasteiger partial charge in [0.1, 0.15) is 7.05 Å². The van der Waals surface area contributed by atoms with Crippen LogP contribution in [0.2, 0.25) is 0 Å². The summed E-state index contributed by atoms with van der Waals surface area (Å²) in [4.78, 5) is 3.76. The first-order chi connectivity index (χ1) is 12.5. The maximum absolute atomic E-state index is 2.41. The molecule has 0 fully saturated rings. The second kappa shape index (κ2) is 6.48. The number of aromatic nitrogens is 1. The molecule has 2 nitrogen and oxygen atoms in total. The fourth-order valence-corrected chi connectivity index (χ4v) is 4.74. The maximum Gasteiger partial charge on any atom is 0.213 e. The highest BCUT2D eigenvalue weighted by Gasteiger charge is 2.25. The smallest absolute Gasteiger partial charge is 0.213 e. The van der Waals surface area contributed by atoms with Gasteiger partial charge in [0.2, 0.25) is 11.2 Å². The van der Waals surface area contributed by atoms with Crippen molar-refractivity contribution >= 4 is 34.4 Å². The number of nitrogens with zero attached hydrogens (tertiary/aromatic N) is 2. The van der Waals surface area contributed by atoms with Crippen molar-refractivity contribution in [3.05, 3.63) is 69.9 Å². The Hall–Kier alpha value is -2.26. The van der Waals surface area contributed by atoms with Crippen molar-refractivity contribution in [3.63, 3.8) is 0 Å². The molecule has 3 aromatic rings. The Morgan fingerprint density at radius 2 is 1.77 bits per heavy atom. The van der Waals surface area contributed by atoms with Gasteiger partial charge in [-0.05, 0) is 68.7 Å². The van der Waals surface area contributed by atoms with Crippen molar-refractivity contribution in [1.82, 2.24) is 0 Å². The fraction of sp³-hybridized carbons (Fsp3) is 0.261. The van der Waals surface area contributed by atoms with Crippen LogP contribution in [0.25, 0.3) is 17.0 Å². The third-order valence-corrected chi connectivity index (χ3v) is 6.41. The highest BCUT2D eigenvalue weighted by molar-refractivity contribution is 8.03. The van der Waals surface area contributed by atoms with Crippen LogP contribution in [0.5, 0.6) is 0 Å². The van der Waals surface area contributed by atoms with Crippen molar-refractivity contribution in [3.8, 4) is 0 Å².